The van der Waals surface area contributed by atoms with E-state index in [0.717, 1.165) is 0 Å². The number of carbonyl (C=O) groups excluding carboxylic acids is 1. The van der Waals surface area contributed by atoms with Gasteiger partial charge in [-0.2, -0.15) is 0 Å². The molecule has 0 aromatic carbocycles. The summed E-state index contributed by atoms with van der Waals surface area (Å²) in [5.74, 6) is 0. The molecule has 38 valence electrons. The van der Waals surface area contributed by atoms with Crippen LogP contribution in [0.25, 0.3) is 0 Å². The topological polar surface area (TPSA) is 55.1 Å². The van der Waals surface area contributed by atoms with Crippen molar-refractivity contribution in [1.29, 1.82) is 0 Å². The Bertz CT molecular complexity index is 113. The summed E-state index contributed by atoms with van der Waals surface area (Å²) in [4.78, 5) is 9.77. The maximum absolute atomic E-state index is 9.77. The second-order valence-corrected chi connectivity index (χ2v) is 0.857. The van der Waals surface area contributed by atoms with Crippen LogP contribution in [0, 0.1) is 0 Å². The zero-order chi connectivity index (χ0) is 5.70. The number of nitrogens with one attached hydrogen (secondary N) is 1. The van der Waals surface area contributed by atoms with Crippen molar-refractivity contribution in [3.63, 3.8) is 0 Å². The van der Waals surface area contributed by atoms with Crippen molar-refractivity contribution in [3.05, 3.63) is 18.5 Å². The number of carbonyl (C=O) groups is 1. The lowest BCUT2D eigenvalue weighted by Crippen LogP contribution is -2.23. The summed E-state index contributed by atoms with van der Waals surface area (Å²) in [7, 11) is 0. The van der Waals surface area contributed by atoms with E-state index < -0.39 is 6.03 Å². The molecule has 3 heteroatoms. The van der Waals surface area contributed by atoms with Crippen LogP contribution in [0.15, 0.2) is 18.5 Å². The predicted octanol–water partition coefficient (Wildman–Crippen LogP) is -0.0467. The first-order valence-corrected chi connectivity index (χ1v) is 1.67. The molecule has 0 radical (unpaired) electrons. The summed E-state index contributed by atoms with van der Waals surface area (Å²) in [5.41, 5.74) is 6.94. The highest BCUT2D eigenvalue weighted by Gasteiger charge is 1.77. The number of hydrogen-bond donors (Lipinski definition) is 2. The van der Waals surface area contributed by atoms with Gasteiger partial charge in [0.15, 0.2) is 0 Å². The van der Waals surface area contributed by atoms with Gasteiger partial charge in [-0.25, -0.2) is 4.79 Å². The summed E-state index contributed by atoms with van der Waals surface area (Å²) in [6.07, 6.45) is 1.24. The van der Waals surface area contributed by atoms with Crippen molar-refractivity contribution in [3.8, 4) is 0 Å². The smallest absolute Gasteiger partial charge is 0.316 e. The van der Waals surface area contributed by atoms with Gasteiger partial charge < -0.3 is 11.1 Å². The van der Waals surface area contributed by atoms with Gasteiger partial charge in [0, 0.05) is 6.20 Å². The molecule has 0 aromatic heterocycles. The fraction of sp³-hybridized carbons (Fsp3) is 0. The van der Waals surface area contributed by atoms with Gasteiger partial charge in [0.1, 0.15) is 0 Å². The number of nitrogens with two attached hydrogens (primary N) is 1. The fourth-order valence-corrected chi connectivity index (χ4v) is 0.122. The van der Waals surface area contributed by atoms with Crippen molar-refractivity contribution >= 4 is 6.03 Å². The minimum absolute atomic E-state index is 0.601. The van der Waals surface area contributed by atoms with Gasteiger partial charge in [0.05, 0.1) is 0 Å². The third kappa shape index (κ3) is 4.79. The first-order valence-electron chi connectivity index (χ1n) is 1.67. The third-order valence-electron chi connectivity index (χ3n) is 0.316. The molecule has 0 spiro atoms. The van der Waals surface area contributed by atoms with Crippen LogP contribution in [0.1, 0.15) is 0 Å². The monoisotopic (exact) mass is 98.0 g/mol. The van der Waals surface area contributed by atoms with Gasteiger partial charge in [-0.3, -0.25) is 0 Å². The standard InChI is InChI=1S/C4H6N2O/c1-2-3-6-4(5)7/h3H,1H2,(H3,5,6,7). The first-order chi connectivity index (χ1) is 3.27. The van der Waals surface area contributed by atoms with Crippen molar-refractivity contribution in [2.45, 2.75) is 0 Å². The van der Waals surface area contributed by atoms with Gasteiger partial charge in [0.2, 0.25) is 0 Å². The first kappa shape index (κ1) is 5.79. The van der Waals surface area contributed by atoms with Gasteiger partial charge in [0.25, 0.3) is 0 Å². The Balaban J connectivity index is 3.32. The zero-order valence-electron chi connectivity index (χ0n) is 3.77. The minimum atomic E-state index is -0.601. The molecule has 0 saturated carbocycles. The van der Waals surface area contributed by atoms with Crippen LogP contribution in [0.3, 0.4) is 0 Å². The molecule has 0 heterocycles. The molecule has 0 unspecified atom stereocenters. The maximum atomic E-state index is 9.77. The van der Waals surface area contributed by atoms with Gasteiger partial charge in [-0.05, 0) is 0 Å². The number of rotatable bonds is 1. The normalized spacial score (nSPS) is 6.29. The molecule has 3 N–H and O–H groups in total. The van der Waals surface area contributed by atoms with Crippen LogP contribution < -0.4 is 11.1 Å². The van der Waals surface area contributed by atoms with Gasteiger partial charge >= 0.3 is 6.03 Å². The minimum Gasteiger partial charge on any atom is -0.351 e. The molecule has 0 aromatic rings. The maximum Gasteiger partial charge on any atom is 0.316 e. The quantitative estimate of drug-likeness (QED) is 0.444. The lowest BCUT2D eigenvalue weighted by Gasteiger charge is -1.83. The Labute approximate surface area is 41.5 Å². The molecule has 0 aliphatic rings. The molecule has 0 rings (SSSR count). The second-order valence-electron chi connectivity index (χ2n) is 0.857. The van der Waals surface area contributed by atoms with Crippen LogP contribution in [-0.4, -0.2) is 6.03 Å². The van der Waals surface area contributed by atoms with Crippen LogP contribution in [0.4, 0.5) is 4.79 Å². The predicted molar refractivity (Wildman–Crippen MR) is 26.4 cm³/mol. The van der Waals surface area contributed by atoms with E-state index in [9.17, 15) is 4.79 Å². The highest BCUT2D eigenvalue weighted by Crippen LogP contribution is 1.53. The molecule has 0 saturated heterocycles. The molecule has 0 aliphatic heterocycles. The fourth-order valence-electron chi connectivity index (χ4n) is 0.122. The molecule has 0 fully saturated rings. The summed E-state index contributed by atoms with van der Waals surface area (Å²) >= 11 is 0. The van der Waals surface area contributed by atoms with Crippen molar-refractivity contribution in [2.24, 2.45) is 5.73 Å². The van der Waals surface area contributed by atoms with E-state index in [1.165, 1.54) is 6.20 Å². The average molecular weight is 98.1 g/mol. The van der Waals surface area contributed by atoms with E-state index in [1.807, 2.05) is 0 Å². The summed E-state index contributed by atoms with van der Waals surface area (Å²) in [6, 6.07) is -0.601. The Morgan fingerprint density at radius 2 is 2.57 bits per heavy atom. The average Bonchev–Trinajstić information content (AvgIpc) is 1.61. The number of amides is 2. The molecular weight excluding hydrogens is 92.1 g/mol. The van der Waals surface area contributed by atoms with E-state index in [2.05, 4.69) is 23.4 Å². The molecule has 0 atom stereocenters. The third-order valence-corrected chi connectivity index (χ3v) is 0.316. The number of hydrogen-bond acceptors (Lipinski definition) is 1. The van der Waals surface area contributed by atoms with Crippen LogP contribution in [0.2, 0.25) is 0 Å². The van der Waals surface area contributed by atoms with E-state index in [4.69, 9.17) is 0 Å². The van der Waals surface area contributed by atoms with Crippen molar-refractivity contribution in [2.75, 3.05) is 0 Å². The molecule has 3 nitrogen and oxygen atoms in total. The summed E-state index contributed by atoms with van der Waals surface area (Å²) < 4.78 is 0. The molecule has 0 aliphatic carbocycles. The highest BCUT2D eigenvalue weighted by molar-refractivity contribution is 5.72. The largest absolute Gasteiger partial charge is 0.351 e. The van der Waals surface area contributed by atoms with Gasteiger partial charge in [-0.1, -0.05) is 6.58 Å². The van der Waals surface area contributed by atoms with Crippen molar-refractivity contribution < 1.29 is 4.79 Å². The zero-order valence-corrected chi connectivity index (χ0v) is 3.77. The van der Waals surface area contributed by atoms with E-state index in [-0.39, 0.29) is 0 Å². The number of urea groups is 1. The molecule has 7 heavy (non-hydrogen) atoms. The van der Waals surface area contributed by atoms with E-state index in [0.29, 0.717) is 0 Å². The Morgan fingerprint density at radius 3 is 2.71 bits per heavy atom. The number of primary amides is 1. The molecule has 0 bridgehead atoms. The van der Waals surface area contributed by atoms with E-state index >= 15 is 0 Å². The van der Waals surface area contributed by atoms with Crippen LogP contribution in [0.5, 0.6) is 0 Å². The van der Waals surface area contributed by atoms with E-state index in [1.54, 1.807) is 0 Å². The van der Waals surface area contributed by atoms with Crippen molar-refractivity contribution in [1.82, 2.24) is 5.32 Å². The summed E-state index contributed by atoms with van der Waals surface area (Å²) in [5, 5.41) is 2.14. The second kappa shape index (κ2) is 3.00. The van der Waals surface area contributed by atoms with Crippen LogP contribution in [-0.2, 0) is 0 Å². The summed E-state index contributed by atoms with van der Waals surface area (Å²) in [6.45, 7) is 3.18. The molecule has 2 amide bonds. The Morgan fingerprint density at radius 1 is 2.00 bits per heavy atom. The van der Waals surface area contributed by atoms with Crippen LogP contribution >= 0.6 is 0 Å². The van der Waals surface area contributed by atoms with Gasteiger partial charge in [-0.15, -0.1) is 5.73 Å². The SMILES string of the molecule is C=C=CNC(N)=O. The lowest BCUT2D eigenvalue weighted by molar-refractivity contribution is 0.252. The Kier molecular flexibility index (Phi) is 2.48. The molecular formula is C4H6N2O. The highest BCUT2D eigenvalue weighted by atomic mass is 16.2. The Hall–Kier alpha value is -1.21. The lowest BCUT2D eigenvalue weighted by atomic mass is 10.8.